The van der Waals surface area contributed by atoms with E-state index in [1.54, 1.807) is 18.5 Å². The van der Waals surface area contributed by atoms with Crippen LogP contribution in [-0.2, 0) is 0 Å². The summed E-state index contributed by atoms with van der Waals surface area (Å²) in [6, 6.07) is 4.29. The quantitative estimate of drug-likeness (QED) is 0.814. The average molecular weight is 231 g/mol. The van der Waals surface area contributed by atoms with E-state index in [9.17, 15) is 0 Å². The smallest absolute Gasteiger partial charge is 0.101 e. The maximum atomic E-state index is 8.96. The Hall–Kier alpha value is -1.56. The van der Waals surface area contributed by atoms with E-state index in [4.69, 9.17) is 5.26 Å². The van der Waals surface area contributed by atoms with Crippen molar-refractivity contribution in [2.45, 2.75) is 46.1 Å². The van der Waals surface area contributed by atoms with Crippen molar-refractivity contribution in [2.24, 2.45) is 5.92 Å². The van der Waals surface area contributed by atoms with Crippen LogP contribution in [0.4, 0.5) is 5.69 Å². The molecule has 0 saturated carbocycles. The molecule has 1 N–H and O–H groups in total. The molecule has 1 unspecified atom stereocenters. The molecule has 1 heterocycles. The summed E-state index contributed by atoms with van der Waals surface area (Å²) in [6.45, 7) is 6.63. The van der Waals surface area contributed by atoms with Gasteiger partial charge in [0.25, 0.3) is 0 Å². The first-order chi connectivity index (χ1) is 8.13. The van der Waals surface area contributed by atoms with Crippen LogP contribution in [0.1, 0.15) is 45.6 Å². The van der Waals surface area contributed by atoms with Crippen LogP contribution in [0.3, 0.4) is 0 Å². The highest BCUT2D eigenvalue weighted by Crippen LogP contribution is 2.16. The molecule has 92 valence electrons. The van der Waals surface area contributed by atoms with Crippen molar-refractivity contribution in [1.82, 2.24) is 4.98 Å². The summed E-state index contributed by atoms with van der Waals surface area (Å²) in [5, 5.41) is 12.3. The first-order valence-corrected chi connectivity index (χ1v) is 6.24. The van der Waals surface area contributed by atoms with Crippen molar-refractivity contribution in [3.8, 4) is 6.07 Å². The molecule has 0 amide bonds. The van der Waals surface area contributed by atoms with E-state index in [-0.39, 0.29) is 0 Å². The third kappa shape index (κ3) is 4.86. The van der Waals surface area contributed by atoms with Crippen molar-refractivity contribution in [1.29, 1.82) is 5.26 Å². The number of nitriles is 1. The Morgan fingerprint density at radius 1 is 1.35 bits per heavy atom. The Labute approximate surface area is 104 Å². The lowest BCUT2D eigenvalue weighted by atomic mass is 10.0. The summed E-state index contributed by atoms with van der Waals surface area (Å²) in [4.78, 5) is 4.04. The number of hydrogen-bond donors (Lipinski definition) is 1. The van der Waals surface area contributed by atoms with Gasteiger partial charge in [-0.1, -0.05) is 26.7 Å². The van der Waals surface area contributed by atoms with Gasteiger partial charge in [-0.3, -0.25) is 4.98 Å². The second-order valence-electron chi connectivity index (χ2n) is 4.90. The molecule has 0 aliphatic carbocycles. The molecule has 0 spiro atoms. The van der Waals surface area contributed by atoms with Crippen LogP contribution < -0.4 is 5.32 Å². The predicted molar refractivity (Wildman–Crippen MR) is 70.7 cm³/mol. The van der Waals surface area contributed by atoms with Gasteiger partial charge in [0.1, 0.15) is 6.07 Å². The zero-order chi connectivity index (χ0) is 12.7. The Morgan fingerprint density at radius 2 is 2.12 bits per heavy atom. The largest absolute Gasteiger partial charge is 0.380 e. The SMILES string of the molecule is CC(C)CCCC(C)Nc1cnccc1C#N. The Balaban J connectivity index is 2.45. The topological polar surface area (TPSA) is 48.7 Å². The van der Waals surface area contributed by atoms with Gasteiger partial charge >= 0.3 is 0 Å². The standard InChI is InChI=1S/C14H21N3/c1-11(2)5-4-6-12(3)17-14-10-16-8-7-13(14)9-15/h7-8,10-12,17H,4-6H2,1-3H3. The zero-order valence-corrected chi connectivity index (χ0v) is 10.9. The van der Waals surface area contributed by atoms with E-state index in [0.29, 0.717) is 11.6 Å². The molecule has 0 aromatic carbocycles. The fourth-order valence-corrected chi connectivity index (χ4v) is 1.78. The van der Waals surface area contributed by atoms with E-state index in [1.807, 2.05) is 0 Å². The summed E-state index contributed by atoms with van der Waals surface area (Å²) in [5.74, 6) is 0.760. The first-order valence-electron chi connectivity index (χ1n) is 6.24. The Bertz CT molecular complexity index is 379. The van der Waals surface area contributed by atoms with Crippen LogP contribution in [-0.4, -0.2) is 11.0 Å². The maximum absolute atomic E-state index is 8.96. The van der Waals surface area contributed by atoms with Gasteiger partial charge in [-0.05, 0) is 25.3 Å². The van der Waals surface area contributed by atoms with E-state index >= 15 is 0 Å². The number of nitrogens with zero attached hydrogens (tertiary/aromatic N) is 2. The minimum atomic E-state index is 0.380. The number of rotatable bonds is 6. The third-order valence-electron chi connectivity index (χ3n) is 2.76. The van der Waals surface area contributed by atoms with Gasteiger partial charge in [0.05, 0.1) is 17.4 Å². The number of anilines is 1. The molecule has 1 aromatic heterocycles. The molecule has 0 bridgehead atoms. The summed E-state index contributed by atoms with van der Waals surface area (Å²) >= 11 is 0. The summed E-state index contributed by atoms with van der Waals surface area (Å²) in [6.07, 6.45) is 6.96. The lowest BCUT2D eigenvalue weighted by molar-refractivity contribution is 0.520. The molecule has 1 atom stereocenters. The van der Waals surface area contributed by atoms with Crippen LogP contribution in [0.15, 0.2) is 18.5 Å². The molecule has 1 rings (SSSR count). The van der Waals surface area contributed by atoms with Crippen LogP contribution in [0.2, 0.25) is 0 Å². The Morgan fingerprint density at radius 3 is 2.76 bits per heavy atom. The highest BCUT2D eigenvalue weighted by atomic mass is 14.9. The molecule has 1 aromatic rings. The zero-order valence-electron chi connectivity index (χ0n) is 10.9. The van der Waals surface area contributed by atoms with Gasteiger partial charge in [-0.25, -0.2) is 0 Å². The molecule has 0 fully saturated rings. The first kappa shape index (κ1) is 13.5. The molecule has 0 aliphatic heterocycles. The van der Waals surface area contributed by atoms with Crippen molar-refractivity contribution in [3.05, 3.63) is 24.0 Å². The van der Waals surface area contributed by atoms with Gasteiger partial charge in [-0.2, -0.15) is 5.26 Å². The van der Waals surface area contributed by atoms with Gasteiger partial charge in [0.15, 0.2) is 0 Å². The lowest BCUT2D eigenvalue weighted by Gasteiger charge is -2.16. The molecular formula is C14H21N3. The van der Waals surface area contributed by atoms with Crippen molar-refractivity contribution >= 4 is 5.69 Å². The summed E-state index contributed by atoms with van der Waals surface area (Å²) in [5.41, 5.74) is 1.50. The number of pyridine rings is 1. The van der Waals surface area contributed by atoms with Gasteiger partial charge in [-0.15, -0.1) is 0 Å². The lowest BCUT2D eigenvalue weighted by Crippen LogP contribution is -2.16. The van der Waals surface area contributed by atoms with Gasteiger partial charge < -0.3 is 5.32 Å². The maximum Gasteiger partial charge on any atom is 0.101 e. The summed E-state index contributed by atoms with van der Waals surface area (Å²) in [7, 11) is 0. The van der Waals surface area contributed by atoms with Gasteiger partial charge in [0.2, 0.25) is 0 Å². The molecule has 0 radical (unpaired) electrons. The minimum Gasteiger partial charge on any atom is -0.380 e. The average Bonchev–Trinajstić information content (AvgIpc) is 2.29. The van der Waals surface area contributed by atoms with Crippen LogP contribution in [0, 0.1) is 17.2 Å². The second-order valence-corrected chi connectivity index (χ2v) is 4.90. The molecule has 3 nitrogen and oxygen atoms in total. The number of aromatic nitrogens is 1. The normalized spacial score (nSPS) is 12.2. The molecule has 0 aliphatic rings. The second kappa shape index (κ2) is 6.90. The molecule has 0 saturated heterocycles. The fourth-order valence-electron chi connectivity index (χ4n) is 1.78. The van der Waals surface area contributed by atoms with E-state index in [2.05, 4.69) is 37.1 Å². The van der Waals surface area contributed by atoms with Crippen LogP contribution in [0.5, 0.6) is 0 Å². The molecule has 3 heteroatoms. The van der Waals surface area contributed by atoms with Crippen LogP contribution >= 0.6 is 0 Å². The monoisotopic (exact) mass is 231 g/mol. The third-order valence-corrected chi connectivity index (χ3v) is 2.76. The van der Waals surface area contributed by atoms with Crippen molar-refractivity contribution < 1.29 is 0 Å². The number of nitrogens with one attached hydrogen (secondary N) is 1. The van der Waals surface area contributed by atoms with Crippen LogP contribution in [0.25, 0.3) is 0 Å². The van der Waals surface area contributed by atoms with Crippen molar-refractivity contribution in [3.63, 3.8) is 0 Å². The van der Waals surface area contributed by atoms with E-state index < -0.39 is 0 Å². The predicted octanol–water partition coefficient (Wildman–Crippen LogP) is 3.58. The highest BCUT2D eigenvalue weighted by Gasteiger charge is 2.06. The highest BCUT2D eigenvalue weighted by molar-refractivity contribution is 5.55. The van der Waals surface area contributed by atoms with E-state index in [0.717, 1.165) is 18.0 Å². The molecule has 17 heavy (non-hydrogen) atoms. The molecular weight excluding hydrogens is 210 g/mol. The number of hydrogen-bond acceptors (Lipinski definition) is 3. The van der Waals surface area contributed by atoms with Gasteiger partial charge in [0, 0.05) is 12.2 Å². The van der Waals surface area contributed by atoms with Crippen molar-refractivity contribution in [2.75, 3.05) is 5.32 Å². The fraction of sp³-hybridized carbons (Fsp3) is 0.571. The Kier molecular flexibility index (Phi) is 5.48. The summed E-state index contributed by atoms with van der Waals surface area (Å²) < 4.78 is 0. The van der Waals surface area contributed by atoms with E-state index in [1.165, 1.54) is 12.8 Å². The minimum absolute atomic E-state index is 0.380.